The maximum absolute atomic E-state index is 9.67. The Morgan fingerprint density at radius 3 is 2.60 bits per heavy atom. The van der Waals surface area contributed by atoms with Gasteiger partial charge in [0.05, 0.1) is 25.6 Å². The minimum absolute atomic E-state index is 0.191. The largest absolute Gasteiger partial charge is 0.497 e. The number of aliphatic hydroxyl groups is 1. The molecule has 0 unspecified atom stereocenters. The van der Waals surface area contributed by atoms with E-state index in [-0.39, 0.29) is 6.61 Å². The lowest BCUT2D eigenvalue weighted by molar-refractivity contribution is 0.0491. The third kappa shape index (κ3) is 4.46. The van der Waals surface area contributed by atoms with Crippen LogP contribution in [0.3, 0.4) is 0 Å². The molecular weight excluding hydrogens is 400 g/mol. The van der Waals surface area contributed by atoms with Crippen molar-refractivity contribution in [2.45, 2.75) is 32.5 Å². The van der Waals surface area contributed by atoms with Gasteiger partial charge in [0.15, 0.2) is 4.96 Å². The van der Waals surface area contributed by atoms with Crippen LogP contribution in [0.2, 0.25) is 0 Å². The lowest BCUT2D eigenvalue weighted by Crippen LogP contribution is -2.52. The molecule has 1 saturated heterocycles. The number of piperazine rings is 1. The van der Waals surface area contributed by atoms with Gasteiger partial charge in [0.1, 0.15) is 11.5 Å². The topological polar surface area (TPSA) is 62.5 Å². The molecule has 3 aromatic rings. The van der Waals surface area contributed by atoms with Gasteiger partial charge in [-0.05, 0) is 31.0 Å². The Morgan fingerprint density at radius 2 is 1.90 bits per heavy atom. The summed E-state index contributed by atoms with van der Waals surface area (Å²) < 4.78 is 13.0. The summed E-state index contributed by atoms with van der Waals surface area (Å²) in [6.07, 6.45) is 2.86. The van der Waals surface area contributed by atoms with Crippen LogP contribution in [-0.2, 0) is 13.1 Å². The molecular formula is C22H30N4O3S. The number of nitrogens with zero attached hydrogens (tertiary/aromatic N) is 4. The molecule has 162 valence electrons. The van der Waals surface area contributed by atoms with E-state index in [2.05, 4.69) is 49.8 Å². The Balaban J connectivity index is 1.47. The van der Waals surface area contributed by atoms with Crippen LogP contribution in [0.4, 0.5) is 0 Å². The fourth-order valence-corrected chi connectivity index (χ4v) is 5.05. The van der Waals surface area contributed by atoms with Gasteiger partial charge in [-0.3, -0.25) is 14.2 Å². The van der Waals surface area contributed by atoms with E-state index in [0.717, 1.165) is 66.9 Å². The first-order chi connectivity index (χ1) is 14.6. The molecule has 1 aliphatic heterocycles. The summed E-state index contributed by atoms with van der Waals surface area (Å²) in [6.45, 7) is 6.84. The van der Waals surface area contributed by atoms with Crippen LogP contribution in [0.25, 0.3) is 4.96 Å². The van der Waals surface area contributed by atoms with Gasteiger partial charge in [-0.2, -0.15) is 0 Å². The van der Waals surface area contributed by atoms with Gasteiger partial charge in [0.2, 0.25) is 0 Å². The maximum Gasteiger partial charge on any atom is 0.194 e. The fraction of sp³-hybridized carbons (Fsp3) is 0.500. The smallest absolute Gasteiger partial charge is 0.194 e. The van der Waals surface area contributed by atoms with Crippen molar-refractivity contribution in [3.8, 4) is 11.5 Å². The van der Waals surface area contributed by atoms with Gasteiger partial charge in [-0.25, -0.2) is 4.98 Å². The van der Waals surface area contributed by atoms with E-state index < -0.39 is 0 Å². The molecule has 0 spiro atoms. The Labute approximate surface area is 181 Å². The molecule has 4 rings (SSSR count). The fourth-order valence-electron chi connectivity index (χ4n) is 4.27. The van der Waals surface area contributed by atoms with Crippen molar-refractivity contribution >= 4 is 16.3 Å². The molecule has 1 aliphatic rings. The van der Waals surface area contributed by atoms with Crippen LogP contribution in [0.15, 0.2) is 29.8 Å². The number of hydrogen-bond acceptors (Lipinski definition) is 7. The number of hydrogen-bond donors (Lipinski definition) is 1. The first-order valence-corrected chi connectivity index (χ1v) is 11.2. The highest BCUT2D eigenvalue weighted by Gasteiger charge is 2.28. The molecule has 0 aliphatic carbocycles. The lowest BCUT2D eigenvalue weighted by Gasteiger charge is -2.41. The Kier molecular flexibility index (Phi) is 6.58. The molecule has 0 radical (unpaired) electrons. The molecule has 3 heterocycles. The summed E-state index contributed by atoms with van der Waals surface area (Å²) in [5.41, 5.74) is 3.53. The second-order valence-corrected chi connectivity index (χ2v) is 8.67. The highest BCUT2D eigenvalue weighted by molar-refractivity contribution is 7.15. The van der Waals surface area contributed by atoms with Gasteiger partial charge in [0.25, 0.3) is 0 Å². The summed E-state index contributed by atoms with van der Waals surface area (Å²) in [5, 5.41) is 11.8. The van der Waals surface area contributed by atoms with Gasteiger partial charge in [0, 0.05) is 63.0 Å². The summed E-state index contributed by atoms with van der Waals surface area (Å²) in [6, 6.07) is 6.32. The first kappa shape index (κ1) is 21.1. The van der Waals surface area contributed by atoms with E-state index in [4.69, 9.17) is 9.47 Å². The van der Waals surface area contributed by atoms with Gasteiger partial charge < -0.3 is 14.6 Å². The molecule has 1 N–H and O–H groups in total. The zero-order valence-corrected chi connectivity index (χ0v) is 18.7. The zero-order valence-electron chi connectivity index (χ0n) is 17.9. The van der Waals surface area contributed by atoms with Crippen molar-refractivity contribution in [2.75, 3.05) is 40.5 Å². The average Bonchev–Trinajstić information content (AvgIpc) is 3.31. The molecule has 1 aromatic carbocycles. The third-order valence-corrected chi connectivity index (χ3v) is 6.64. The Hall–Kier alpha value is -2.13. The van der Waals surface area contributed by atoms with E-state index in [1.54, 1.807) is 25.6 Å². The van der Waals surface area contributed by atoms with E-state index in [9.17, 15) is 5.11 Å². The highest BCUT2D eigenvalue weighted by atomic mass is 32.1. The van der Waals surface area contributed by atoms with Crippen LogP contribution in [0.1, 0.15) is 23.4 Å². The van der Waals surface area contributed by atoms with E-state index in [0.29, 0.717) is 6.04 Å². The number of imidazole rings is 1. The summed E-state index contributed by atoms with van der Waals surface area (Å²) in [4.78, 5) is 10.7. The van der Waals surface area contributed by atoms with Crippen LogP contribution in [-0.4, -0.2) is 70.8 Å². The molecule has 1 fully saturated rings. The quantitative estimate of drug-likeness (QED) is 0.593. The zero-order chi connectivity index (χ0) is 21.1. The van der Waals surface area contributed by atoms with Crippen LogP contribution >= 0.6 is 11.3 Å². The second-order valence-electron chi connectivity index (χ2n) is 7.79. The first-order valence-electron chi connectivity index (χ1n) is 10.3. The summed E-state index contributed by atoms with van der Waals surface area (Å²) >= 11 is 1.67. The molecule has 30 heavy (non-hydrogen) atoms. The third-order valence-electron chi connectivity index (χ3n) is 5.88. The number of rotatable bonds is 8. The molecule has 1 atom stereocenters. The number of aromatic nitrogens is 2. The van der Waals surface area contributed by atoms with E-state index >= 15 is 0 Å². The lowest BCUT2D eigenvalue weighted by atomic mass is 10.1. The second kappa shape index (κ2) is 9.34. The van der Waals surface area contributed by atoms with Crippen molar-refractivity contribution in [3.05, 3.63) is 46.7 Å². The molecule has 8 heteroatoms. The minimum atomic E-state index is 0.191. The molecule has 0 bridgehead atoms. The monoisotopic (exact) mass is 430 g/mol. The van der Waals surface area contributed by atoms with Crippen molar-refractivity contribution in [1.82, 2.24) is 19.2 Å². The van der Waals surface area contributed by atoms with Crippen molar-refractivity contribution < 1.29 is 14.6 Å². The number of aliphatic hydroxyl groups excluding tert-OH is 1. The Bertz CT molecular complexity index is 964. The van der Waals surface area contributed by atoms with Crippen LogP contribution < -0.4 is 9.47 Å². The summed E-state index contributed by atoms with van der Waals surface area (Å²) in [5.74, 6) is 1.61. The van der Waals surface area contributed by atoms with E-state index in [1.807, 2.05) is 6.07 Å². The average molecular weight is 431 g/mol. The number of aryl methyl sites for hydroxylation is 1. The van der Waals surface area contributed by atoms with Crippen LogP contribution in [0, 0.1) is 6.92 Å². The molecule has 0 saturated carbocycles. The standard InChI is InChI=1S/C22H30N4O3S/c1-16-21(26-7-9-30-22(26)23-16)15-24-5-6-25(18(14-24)4-8-27)13-17-10-19(28-2)12-20(11-17)29-3/h7,9-12,18,27H,4-6,8,13-15H2,1-3H3/t18-/m0/s1. The summed E-state index contributed by atoms with van der Waals surface area (Å²) in [7, 11) is 3.35. The molecule has 2 aromatic heterocycles. The number of ether oxygens (including phenoxy) is 2. The minimum Gasteiger partial charge on any atom is -0.497 e. The van der Waals surface area contributed by atoms with E-state index in [1.165, 1.54) is 5.69 Å². The van der Waals surface area contributed by atoms with Gasteiger partial charge in [-0.1, -0.05) is 0 Å². The van der Waals surface area contributed by atoms with Gasteiger partial charge in [-0.15, -0.1) is 11.3 Å². The van der Waals surface area contributed by atoms with Crippen molar-refractivity contribution in [2.24, 2.45) is 0 Å². The highest BCUT2D eigenvalue weighted by Crippen LogP contribution is 2.26. The van der Waals surface area contributed by atoms with Crippen LogP contribution in [0.5, 0.6) is 11.5 Å². The Morgan fingerprint density at radius 1 is 1.13 bits per heavy atom. The predicted octanol–water partition coefficient (Wildman–Crippen LogP) is 2.79. The number of fused-ring (bicyclic) bond motifs is 1. The van der Waals surface area contributed by atoms with Gasteiger partial charge >= 0.3 is 0 Å². The normalized spacial score (nSPS) is 18.2. The maximum atomic E-state index is 9.67. The van der Waals surface area contributed by atoms with Crippen molar-refractivity contribution in [3.63, 3.8) is 0 Å². The molecule has 7 nitrogen and oxygen atoms in total. The number of benzene rings is 1. The molecule has 0 amide bonds. The van der Waals surface area contributed by atoms with Crippen molar-refractivity contribution in [1.29, 1.82) is 0 Å². The number of thiazole rings is 1. The number of methoxy groups -OCH3 is 2. The SMILES string of the molecule is COc1cc(CN2CCN(Cc3c(C)nc4sccn34)C[C@@H]2CCO)cc(OC)c1. The predicted molar refractivity (Wildman–Crippen MR) is 119 cm³/mol.